The van der Waals surface area contributed by atoms with E-state index in [9.17, 15) is 4.79 Å². The third-order valence-corrected chi connectivity index (χ3v) is 4.50. The summed E-state index contributed by atoms with van der Waals surface area (Å²) in [6, 6.07) is 11.8. The Morgan fingerprint density at radius 3 is 2.83 bits per heavy atom. The number of amides is 1. The van der Waals surface area contributed by atoms with Crippen LogP contribution in [0, 0.1) is 0 Å². The molecule has 0 bridgehead atoms. The molecule has 2 aromatic heterocycles. The summed E-state index contributed by atoms with van der Waals surface area (Å²) in [5.41, 5.74) is 1.11. The Morgan fingerprint density at radius 1 is 1.30 bits per heavy atom. The van der Waals surface area contributed by atoms with E-state index < -0.39 is 0 Å². The molecule has 2 heterocycles. The van der Waals surface area contributed by atoms with Crippen LogP contribution in [-0.4, -0.2) is 43.2 Å². The number of benzene rings is 1. The number of fused-ring (bicyclic) bond motifs is 1. The summed E-state index contributed by atoms with van der Waals surface area (Å²) in [5, 5.41) is 4.84. The number of rotatable bonds is 5. The minimum Gasteiger partial charge on any atom is -0.338 e. The van der Waals surface area contributed by atoms with E-state index in [1.165, 1.54) is 11.8 Å². The lowest BCUT2D eigenvalue weighted by molar-refractivity contribution is -0.128. The molecule has 0 saturated carbocycles. The number of hydrogen-bond acceptors (Lipinski definition) is 5. The van der Waals surface area contributed by atoms with Gasteiger partial charge in [0.25, 0.3) is 5.78 Å². The van der Waals surface area contributed by atoms with E-state index in [1.54, 1.807) is 27.9 Å². The molecule has 3 aromatic rings. The topological polar surface area (TPSA) is 63.4 Å². The molecule has 0 fully saturated rings. The van der Waals surface area contributed by atoms with Crippen LogP contribution in [-0.2, 0) is 4.79 Å². The highest BCUT2D eigenvalue weighted by Gasteiger charge is 2.18. The zero-order valence-corrected chi connectivity index (χ0v) is 13.8. The van der Waals surface area contributed by atoms with Crippen molar-refractivity contribution in [3.8, 4) is 0 Å². The van der Waals surface area contributed by atoms with Crippen LogP contribution < -0.4 is 0 Å². The molecule has 0 spiro atoms. The summed E-state index contributed by atoms with van der Waals surface area (Å²) in [6.07, 6.45) is 3.45. The molecule has 23 heavy (non-hydrogen) atoms. The fourth-order valence-corrected chi connectivity index (χ4v) is 2.92. The lowest BCUT2D eigenvalue weighted by Crippen LogP contribution is -2.31. The molecule has 0 radical (unpaired) electrons. The first-order chi connectivity index (χ1) is 11.1. The molecule has 118 valence electrons. The van der Waals surface area contributed by atoms with E-state index in [-0.39, 0.29) is 11.9 Å². The second kappa shape index (κ2) is 6.78. The molecule has 0 aliphatic heterocycles. The van der Waals surface area contributed by atoms with Gasteiger partial charge in [-0.2, -0.15) is 4.98 Å². The average molecular weight is 327 g/mol. The Morgan fingerprint density at radius 2 is 2.09 bits per heavy atom. The lowest BCUT2D eigenvalue weighted by Gasteiger charge is -2.25. The van der Waals surface area contributed by atoms with E-state index in [0.717, 1.165) is 5.56 Å². The summed E-state index contributed by atoms with van der Waals surface area (Å²) in [4.78, 5) is 22.5. The molecule has 0 unspecified atom stereocenters. The average Bonchev–Trinajstić information content (AvgIpc) is 3.02. The van der Waals surface area contributed by atoms with Gasteiger partial charge in [-0.05, 0) is 18.6 Å². The predicted molar refractivity (Wildman–Crippen MR) is 89.1 cm³/mol. The van der Waals surface area contributed by atoms with Crippen LogP contribution in [0.2, 0.25) is 0 Å². The van der Waals surface area contributed by atoms with E-state index >= 15 is 0 Å². The summed E-state index contributed by atoms with van der Waals surface area (Å²) < 4.78 is 1.60. The smallest absolute Gasteiger partial charge is 0.253 e. The van der Waals surface area contributed by atoms with E-state index in [0.29, 0.717) is 16.7 Å². The van der Waals surface area contributed by atoms with Crippen LogP contribution in [0.1, 0.15) is 18.5 Å². The number of nitrogens with zero attached hydrogens (tertiary/aromatic N) is 5. The maximum absolute atomic E-state index is 12.4. The second-order valence-corrected chi connectivity index (χ2v) is 6.08. The van der Waals surface area contributed by atoms with Gasteiger partial charge in [-0.25, -0.2) is 9.50 Å². The summed E-state index contributed by atoms with van der Waals surface area (Å²) in [5.74, 6) is 0.872. The van der Waals surface area contributed by atoms with Gasteiger partial charge in [0, 0.05) is 19.4 Å². The van der Waals surface area contributed by atoms with Crippen molar-refractivity contribution in [2.24, 2.45) is 0 Å². The Labute approximate surface area is 138 Å². The Hall–Kier alpha value is -2.41. The van der Waals surface area contributed by atoms with Gasteiger partial charge < -0.3 is 4.90 Å². The highest BCUT2D eigenvalue weighted by atomic mass is 32.2. The molecule has 7 heteroatoms. The van der Waals surface area contributed by atoms with Crippen molar-refractivity contribution in [2.75, 3.05) is 12.8 Å². The zero-order chi connectivity index (χ0) is 16.2. The first kappa shape index (κ1) is 15.5. The SMILES string of the molecule is C[C@H](c1ccccc1)N(C)C(=O)CSc1nc2ncccn2n1. The Bertz CT molecular complexity index is 771. The predicted octanol–water partition coefficient (Wildman–Crippen LogP) is 2.44. The molecule has 1 aromatic carbocycles. The van der Waals surface area contributed by atoms with Gasteiger partial charge in [0.15, 0.2) is 0 Å². The van der Waals surface area contributed by atoms with Crippen LogP contribution >= 0.6 is 11.8 Å². The molecule has 1 amide bonds. The minimum absolute atomic E-state index is 0.0278. The maximum Gasteiger partial charge on any atom is 0.253 e. The third kappa shape index (κ3) is 3.50. The quantitative estimate of drug-likeness (QED) is 0.674. The van der Waals surface area contributed by atoms with Gasteiger partial charge >= 0.3 is 0 Å². The largest absolute Gasteiger partial charge is 0.338 e. The van der Waals surface area contributed by atoms with Gasteiger partial charge in [-0.3, -0.25) is 4.79 Å². The molecule has 0 aliphatic carbocycles. The summed E-state index contributed by atoms with van der Waals surface area (Å²) in [6.45, 7) is 2.02. The number of aromatic nitrogens is 4. The van der Waals surface area contributed by atoms with Crippen molar-refractivity contribution in [3.63, 3.8) is 0 Å². The van der Waals surface area contributed by atoms with Gasteiger partial charge in [-0.15, -0.1) is 5.10 Å². The normalized spacial score (nSPS) is 12.3. The van der Waals surface area contributed by atoms with Crippen molar-refractivity contribution in [3.05, 3.63) is 54.4 Å². The Balaban J connectivity index is 1.62. The fraction of sp³-hybridized carbons (Fsp3) is 0.250. The standard InChI is InChI=1S/C16H17N5OS/c1-12(13-7-4-3-5-8-13)20(2)14(22)11-23-16-18-15-17-9-6-10-21(15)19-16/h3-10,12H,11H2,1-2H3/t12-/m1/s1. The lowest BCUT2D eigenvalue weighted by atomic mass is 10.1. The number of carbonyl (C=O) groups is 1. The molecule has 1 atom stereocenters. The molecular formula is C16H17N5OS. The number of thioether (sulfide) groups is 1. The first-order valence-corrected chi connectivity index (χ1v) is 8.24. The zero-order valence-electron chi connectivity index (χ0n) is 13.0. The van der Waals surface area contributed by atoms with Crippen molar-refractivity contribution in [2.45, 2.75) is 18.1 Å². The maximum atomic E-state index is 12.4. The van der Waals surface area contributed by atoms with Crippen molar-refractivity contribution < 1.29 is 4.79 Å². The van der Waals surface area contributed by atoms with Gasteiger partial charge in [0.1, 0.15) is 0 Å². The van der Waals surface area contributed by atoms with E-state index in [2.05, 4.69) is 15.1 Å². The second-order valence-electron chi connectivity index (χ2n) is 5.14. The molecule has 0 N–H and O–H groups in total. The van der Waals surface area contributed by atoms with Crippen LogP contribution in [0.25, 0.3) is 5.78 Å². The van der Waals surface area contributed by atoms with Crippen molar-refractivity contribution >= 4 is 23.4 Å². The molecule has 0 aliphatic rings. The van der Waals surface area contributed by atoms with E-state index in [1.807, 2.05) is 44.3 Å². The summed E-state index contributed by atoms with van der Waals surface area (Å²) >= 11 is 1.32. The van der Waals surface area contributed by atoms with Gasteiger partial charge in [0.05, 0.1) is 11.8 Å². The van der Waals surface area contributed by atoms with Crippen molar-refractivity contribution in [1.29, 1.82) is 0 Å². The fourth-order valence-electron chi connectivity index (χ4n) is 2.17. The number of carbonyl (C=O) groups excluding carboxylic acids is 1. The first-order valence-electron chi connectivity index (χ1n) is 7.26. The highest BCUT2D eigenvalue weighted by molar-refractivity contribution is 7.99. The van der Waals surface area contributed by atoms with Crippen molar-refractivity contribution in [1.82, 2.24) is 24.5 Å². The van der Waals surface area contributed by atoms with Gasteiger partial charge in [-0.1, -0.05) is 42.1 Å². The van der Waals surface area contributed by atoms with Crippen LogP contribution in [0.3, 0.4) is 0 Å². The molecule has 6 nitrogen and oxygen atoms in total. The van der Waals surface area contributed by atoms with Crippen LogP contribution in [0.5, 0.6) is 0 Å². The highest BCUT2D eigenvalue weighted by Crippen LogP contribution is 2.20. The monoisotopic (exact) mass is 327 g/mol. The molecular weight excluding hydrogens is 310 g/mol. The van der Waals surface area contributed by atoms with E-state index in [4.69, 9.17) is 0 Å². The van der Waals surface area contributed by atoms with Crippen LogP contribution in [0.15, 0.2) is 53.9 Å². The molecule has 3 rings (SSSR count). The number of hydrogen-bond donors (Lipinski definition) is 0. The van der Waals surface area contributed by atoms with Crippen LogP contribution in [0.4, 0.5) is 0 Å². The minimum atomic E-state index is 0.0278. The summed E-state index contributed by atoms with van der Waals surface area (Å²) in [7, 11) is 1.82. The third-order valence-electron chi connectivity index (χ3n) is 3.68. The molecule has 0 saturated heterocycles. The Kier molecular flexibility index (Phi) is 4.57. The van der Waals surface area contributed by atoms with Gasteiger partial charge in [0.2, 0.25) is 11.1 Å².